The van der Waals surface area contributed by atoms with Gasteiger partial charge in [-0.3, -0.25) is 4.90 Å². The monoisotopic (exact) mass is 181 g/mol. The number of nitrogens with zero attached hydrogens (tertiary/aromatic N) is 1. The number of hydrogen-bond acceptors (Lipinski definition) is 1. The fourth-order valence-electron chi connectivity index (χ4n) is 1.55. The fraction of sp³-hybridized carbons (Fsp3) is 0.400. The van der Waals surface area contributed by atoms with Gasteiger partial charge in [0, 0.05) is 11.6 Å². The number of likely N-dealkylation sites (N-methyl/N-ethyl adjacent to an activating group) is 1. The molecule has 0 aromatic heterocycles. The molecule has 0 amide bonds. The van der Waals surface area contributed by atoms with Crippen LogP contribution in [0.25, 0.3) is 0 Å². The van der Waals surface area contributed by atoms with Crippen molar-refractivity contribution < 1.29 is 0 Å². The number of hydrogen-bond donors (Lipinski definition) is 0. The molecule has 12 heavy (non-hydrogen) atoms. The normalized spacial score (nSPS) is 33.4. The summed E-state index contributed by atoms with van der Waals surface area (Å²) in [4.78, 5) is 2.32. The van der Waals surface area contributed by atoms with E-state index in [1.54, 1.807) is 0 Å². The Morgan fingerprint density at radius 3 is 2.25 bits per heavy atom. The minimum Gasteiger partial charge on any atom is -0.294 e. The predicted molar refractivity (Wildman–Crippen MR) is 51.4 cm³/mol. The van der Waals surface area contributed by atoms with Gasteiger partial charge >= 0.3 is 0 Å². The number of benzene rings is 1. The molecule has 1 fully saturated rings. The van der Waals surface area contributed by atoms with Crippen molar-refractivity contribution in [1.29, 1.82) is 0 Å². The van der Waals surface area contributed by atoms with Crippen molar-refractivity contribution in [3.8, 4) is 0 Å². The van der Waals surface area contributed by atoms with Crippen molar-refractivity contribution in [2.45, 2.75) is 12.5 Å². The van der Waals surface area contributed by atoms with Gasteiger partial charge in [0.2, 0.25) is 0 Å². The van der Waals surface area contributed by atoms with Crippen molar-refractivity contribution in [3.63, 3.8) is 0 Å². The molecule has 0 aliphatic carbocycles. The zero-order valence-electron chi connectivity index (χ0n) is 7.34. The Bertz CT molecular complexity index is 293. The first-order chi connectivity index (χ1) is 5.63. The Hall–Kier alpha value is -0.530. The van der Waals surface area contributed by atoms with Crippen LogP contribution >= 0.6 is 11.6 Å². The first-order valence-electron chi connectivity index (χ1n) is 4.10. The highest BCUT2D eigenvalue weighted by Gasteiger charge is 2.45. The molecule has 1 nitrogen and oxygen atoms in total. The quantitative estimate of drug-likeness (QED) is 0.602. The van der Waals surface area contributed by atoms with Gasteiger partial charge in [0.15, 0.2) is 0 Å². The summed E-state index contributed by atoms with van der Waals surface area (Å²) in [5.74, 6) is 0. The van der Waals surface area contributed by atoms with Crippen molar-refractivity contribution in [1.82, 2.24) is 4.90 Å². The molecule has 1 heterocycles. The van der Waals surface area contributed by atoms with E-state index < -0.39 is 0 Å². The zero-order chi connectivity index (χ0) is 8.77. The maximum absolute atomic E-state index is 5.80. The molecule has 1 aliphatic rings. The van der Waals surface area contributed by atoms with Crippen LogP contribution in [-0.4, -0.2) is 18.5 Å². The first-order valence-corrected chi connectivity index (χ1v) is 4.48. The summed E-state index contributed by atoms with van der Waals surface area (Å²) < 4.78 is 0. The first kappa shape index (κ1) is 8.09. The Kier molecular flexibility index (Phi) is 1.67. The lowest BCUT2D eigenvalue weighted by Gasteiger charge is -2.09. The van der Waals surface area contributed by atoms with Gasteiger partial charge in [-0.15, -0.1) is 0 Å². The molecule has 0 spiro atoms. The molecular weight excluding hydrogens is 170 g/mol. The van der Waals surface area contributed by atoms with E-state index in [1.807, 2.05) is 12.1 Å². The maximum Gasteiger partial charge on any atom is 0.0558 e. The fourth-order valence-corrected chi connectivity index (χ4v) is 1.67. The summed E-state index contributed by atoms with van der Waals surface area (Å²) in [5, 5.41) is 0.811. The van der Waals surface area contributed by atoms with E-state index in [1.165, 1.54) is 5.56 Å². The van der Waals surface area contributed by atoms with Crippen LogP contribution in [-0.2, 0) is 5.54 Å². The summed E-state index contributed by atoms with van der Waals surface area (Å²) >= 11 is 5.80. The number of halogens is 1. The van der Waals surface area contributed by atoms with Crippen molar-refractivity contribution in [2.24, 2.45) is 0 Å². The Labute approximate surface area is 77.9 Å². The molecule has 2 unspecified atom stereocenters. The standard InChI is InChI=1S/C10H12ClN/c1-10(7-12(10)2)8-3-5-9(11)6-4-8/h3-6H,7H2,1-2H3. The van der Waals surface area contributed by atoms with Gasteiger partial charge in [0.1, 0.15) is 0 Å². The third-order valence-corrected chi connectivity index (χ3v) is 3.00. The zero-order valence-corrected chi connectivity index (χ0v) is 8.10. The summed E-state index contributed by atoms with van der Waals surface area (Å²) in [6.07, 6.45) is 0. The molecule has 0 N–H and O–H groups in total. The molecule has 1 aromatic carbocycles. The van der Waals surface area contributed by atoms with Crippen molar-refractivity contribution in [2.75, 3.05) is 13.6 Å². The minimum atomic E-state index is 0.268. The Morgan fingerprint density at radius 1 is 1.33 bits per heavy atom. The lowest BCUT2D eigenvalue weighted by atomic mass is 10.0. The third kappa shape index (κ3) is 1.13. The van der Waals surface area contributed by atoms with Gasteiger partial charge < -0.3 is 0 Å². The van der Waals surface area contributed by atoms with Crippen LogP contribution in [0.15, 0.2) is 24.3 Å². The van der Waals surface area contributed by atoms with Crippen LogP contribution in [0.2, 0.25) is 5.02 Å². The summed E-state index contributed by atoms with van der Waals surface area (Å²) in [6, 6.07) is 8.11. The van der Waals surface area contributed by atoms with Gasteiger partial charge in [-0.05, 0) is 31.7 Å². The minimum absolute atomic E-state index is 0.268. The second kappa shape index (κ2) is 2.48. The lowest BCUT2D eigenvalue weighted by Crippen LogP contribution is -2.07. The molecule has 2 heteroatoms. The molecule has 64 valence electrons. The van der Waals surface area contributed by atoms with E-state index in [-0.39, 0.29) is 5.54 Å². The summed E-state index contributed by atoms with van der Waals surface area (Å²) in [7, 11) is 2.13. The van der Waals surface area contributed by atoms with Crippen LogP contribution in [0.5, 0.6) is 0 Å². The third-order valence-electron chi connectivity index (χ3n) is 2.75. The van der Waals surface area contributed by atoms with Crippen LogP contribution < -0.4 is 0 Å². The van der Waals surface area contributed by atoms with Crippen LogP contribution in [0.1, 0.15) is 12.5 Å². The van der Waals surface area contributed by atoms with Gasteiger partial charge in [0.05, 0.1) is 5.54 Å². The van der Waals surface area contributed by atoms with Gasteiger partial charge in [-0.1, -0.05) is 23.7 Å². The summed E-state index contributed by atoms with van der Waals surface area (Å²) in [5.41, 5.74) is 1.62. The van der Waals surface area contributed by atoms with E-state index in [2.05, 4.69) is 31.0 Å². The highest BCUT2D eigenvalue weighted by atomic mass is 35.5. The van der Waals surface area contributed by atoms with Crippen molar-refractivity contribution in [3.05, 3.63) is 34.9 Å². The predicted octanol–water partition coefficient (Wildman–Crippen LogP) is 2.50. The Balaban J connectivity index is 2.31. The highest BCUT2D eigenvalue weighted by molar-refractivity contribution is 6.30. The van der Waals surface area contributed by atoms with E-state index in [0.717, 1.165) is 11.6 Å². The van der Waals surface area contributed by atoms with E-state index in [0.29, 0.717) is 0 Å². The lowest BCUT2D eigenvalue weighted by molar-refractivity contribution is 0.515. The van der Waals surface area contributed by atoms with E-state index in [4.69, 9.17) is 11.6 Å². The topological polar surface area (TPSA) is 3.01 Å². The molecule has 1 saturated heterocycles. The molecule has 0 radical (unpaired) electrons. The van der Waals surface area contributed by atoms with Crippen molar-refractivity contribution >= 4 is 11.6 Å². The second-order valence-electron chi connectivity index (χ2n) is 3.64. The molecule has 0 saturated carbocycles. The van der Waals surface area contributed by atoms with Crippen LogP contribution in [0.4, 0.5) is 0 Å². The molecule has 1 aromatic rings. The molecule has 0 bridgehead atoms. The average Bonchev–Trinajstić information content (AvgIpc) is 2.62. The van der Waals surface area contributed by atoms with Gasteiger partial charge in [-0.2, -0.15) is 0 Å². The van der Waals surface area contributed by atoms with E-state index >= 15 is 0 Å². The van der Waals surface area contributed by atoms with Gasteiger partial charge in [0.25, 0.3) is 0 Å². The van der Waals surface area contributed by atoms with Crippen LogP contribution in [0.3, 0.4) is 0 Å². The highest BCUT2D eigenvalue weighted by Crippen LogP contribution is 2.40. The van der Waals surface area contributed by atoms with E-state index in [9.17, 15) is 0 Å². The average molecular weight is 182 g/mol. The smallest absolute Gasteiger partial charge is 0.0558 e. The molecule has 2 rings (SSSR count). The molecule has 2 atom stereocenters. The Morgan fingerprint density at radius 2 is 1.83 bits per heavy atom. The van der Waals surface area contributed by atoms with Crippen LogP contribution in [0, 0.1) is 0 Å². The largest absolute Gasteiger partial charge is 0.294 e. The SMILES string of the molecule is CN1CC1(C)c1ccc(Cl)cc1. The maximum atomic E-state index is 5.80. The number of rotatable bonds is 1. The second-order valence-corrected chi connectivity index (χ2v) is 4.07. The summed E-state index contributed by atoms with van der Waals surface area (Å²) in [6.45, 7) is 3.39. The molecule has 1 aliphatic heterocycles. The van der Waals surface area contributed by atoms with Gasteiger partial charge in [-0.25, -0.2) is 0 Å². The molecular formula is C10H12ClN.